The Morgan fingerprint density at radius 1 is 0.920 bits per heavy atom. The van der Waals surface area contributed by atoms with Crippen molar-refractivity contribution in [3.05, 3.63) is 35.9 Å². The van der Waals surface area contributed by atoms with Crippen molar-refractivity contribution in [1.82, 2.24) is 9.80 Å². The van der Waals surface area contributed by atoms with E-state index < -0.39 is 0 Å². The summed E-state index contributed by atoms with van der Waals surface area (Å²) in [7, 11) is 0. The quantitative estimate of drug-likeness (QED) is 0.774. The lowest BCUT2D eigenvalue weighted by Crippen LogP contribution is -2.54. The van der Waals surface area contributed by atoms with Crippen LogP contribution in [0.15, 0.2) is 30.3 Å². The first-order chi connectivity index (χ1) is 12.1. The second-order valence-corrected chi connectivity index (χ2v) is 7.77. The van der Waals surface area contributed by atoms with Crippen molar-refractivity contribution in [3.8, 4) is 0 Å². The maximum atomic E-state index is 12.7. The monoisotopic (exact) mass is 342 g/mol. The first-order valence-electron chi connectivity index (χ1n) is 9.71. The summed E-state index contributed by atoms with van der Waals surface area (Å²) < 4.78 is 0. The lowest BCUT2D eigenvalue weighted by molar-refractivity contribution is -0.156. The van der Waals surface area contributed by atoms with Crippen molar-refractivity contribution < 1.29 is 9.59 Å². The average Bonchev–Trinajstić information content (AvgIpc) is 2.62. The molecular weight excluding hydrogens is 312 g/mol. The zero-order valence-corrected chi connectivity index (χ0v) is 15.5. The van der Waals surface area contributed by atoms with Gasteiger partial charge in [0.25, 0.3) is 0 Å². The van der Waals surface area contributed by atoms with Crippen LogP contribution in [0.1, 0.15) is 51.5 Å². The highest BCUT2D eigenvalue weighted by Crippen LogP contribution is 2.25. The molecule has 2 amide bonds. The molecule has 0 bridgehead atoms. The summed E-state index contributed by atoms with van der Waals surface area (Å²) in [6.07, 6.45) is 6.19. The third kappa shape index (κ3) is 4.23. The first-order valence-corrected chi connectivity index (χ1v) is 9.71. The molecule has 0 radical (unpaired) electrons. The number of nitrogens with zero attached hydrogens (tertiary/aromatic N) is 2. The molecule has 136 valence electrons. The topological polar surface area (TPSA) is 40.6 Å². The fourth-order valence-electron chi connectivity index (χ4n) is 4.35. The third-order valence-corrected chi connectivity index (χ3v) is 5.88. The number of carbonyl (C=O) groups is 2. The summed E-state index contributed by atoms with van der Waals surface area (Å²) in [6.45, 7) is 5.54. The van der Waals surface area contributed by atoms with Crippen LogP contribution in [0.25, 0.3) is 0 Å². The van der Waals surface area contributed by atoms with Crippen LogP contribution >= 0.6 is 0 Å². The third-order valence-electron chi connectivity index (χ3n) is 5.88. The van der Waals surface area contributed by atoms with Crippen LogP contribution < -0.4 is 0 Å². The lowest BCUT2D eigenvalue weighted by Gasteiger charge is -2.40. The van der Waals surface area contributed by atoms with Crippen LogP contribution in [0.4, 0.5) is 0 Å². The largest absolute Gasteiger partial charge is 0.334 e. The van der Waals surface area contributed by atoms with Gasteiger partial charge in [0, 0.05) is 25.2 Å². The number of likely N-dealkylation sites (tertiary alicyclic amines) is 2. The van der Waals surface area contributed by atoms with E-state index >= 15 is 0 Å². The minimum absolute atomic E-state index is 0.177. The molecular formula is C21H30N2O2. The van der Waals surface area contributed by atoms with Gasteiger partial charge < -0.3 is 9.80 Å². The number of amides is 2. The molecule has 2 unspecified atom stereocenters. The van der Waals surface area contributed by atoms with Crippen LogP contribution in [0.3, 0.4) is 0 Å². The Morgan fingerprint density at radius 3 is 2.12 bits per heavy atom. The van der Waals surface area contributed by atoms with Crippen LogP contribution in [0, 0.1) is 5.92 Å². The molecule has 2 atom stereocenters. The SMILES string of the molecule is CC1CCCC(C)N1C(=O)C(=O)N1CCC(Cc2ccccc2)CC1. The summed E-state index contributed by atoms with van der Waals surface area (Å²) in [5, 5.41) is 0. The van der Waals surface area contributed by atoms with E-state index in [0.29, 0.717) is 19.0 Å². The smallest absolute Gasteiger partial charge is 0.312 e. The molecule has 2 aliphatic rings. The standard InChI is InChI=1S/C21H30N2O2/c1-16-7-6-8-17(2)23(16)21(25)20(24)22-13-11-19(12-14-22)15-18-9-4-3-5-10-18/h3-5,9-10,16-17,19H,6-8,11-15H2,1-2H3. The van der Waals surface area contributed by atoms with Gasteiger partial charge in [-0.25, -0.2) is 0 Å². The number of carbonyl (C=O) groups excluding carboxylic acids is 2. The van der Waals surface area contributed by atoms with E-state index in [1.807, 2.05) is 11.0 Å². The normalized spacial score (nSPS) is 25.0. The fourth-order valence-corrected chi connectivity index (χ4v) is 4.35. The Kier molecular flexibility index (Phi) is 5.77. The maximum Gasteiger partial charge on any atom is 0.312 e. The van der Waals surface area contributed by atoms with Gasteiger partial charge in [-0.15, -0.1) is 0 Å². The van der Waals surface area contributed by atoms with E-state index in [4.69, 9.17) is 0 Å². The highest BCUT2D eigenvalue weighted by Gasteiger charge is 2.36. The van der Waals surface area contributed by atoms with Gasteiger partial charge in [-0.1, -0.05) is 30.3 Å². The lowest BCUT2D eigenvalue weighted by atomic mass is 9.90. The van der Waals surface area contributed by atoms with Gasteiger partial charge in [-0.3, -0.25) is 9.59 Å². The van der Waals surface area contributed by atoms with Crippen LogP contribution in [-0.2, 0) is 16.0 Å². The first kappa shape index (κ1) is 18.0. The number of hydrogen-bond donors (Lipinski definition) is 0. The molecule has 2 saturated heterocycles. The number of benzene rings is 1. The van der Waals surface area contributed by atoms with E-state index in [-0.39, 0.29) is 23.9 Å². The minimum atomic E-state index is -0.293. The maximum absolute atomic E-state index is 12.7. The van der Waals surface area contributed by atoms with Gasteiger partial charge in [0.15, 0.2) is 0 Å². The predicted octanol–water partition coefficient (Wildman–Crippen LogP) is 3.26. The molecule has 4 heteroatoms. The average molecular weight is 342 g/mol. The highest BCUT2D eigenvalue weighted by molar-refractivity contribution is 6.35. The molecule has 25 heavy (non-hydrogen) atoms. The summed E-state index contributed by atoms with van der Waals surface area (Å²) >= 11 is 0. The second kappa shape index (κ2) is 8.03. The molecule has 4 nitrogen and oxygen atoms in total. The summed E-state index contributed by atoms with van der Waals surface area (Å²) in [6, 6.07) is 10.9. The molecule has 2 fully saturated rings. The van der Waals surface area contributed by atoms with E-state index in [0.717, 1.165) is 38.5 Å². The van der Waals surface area contributed by atoms with Crippen molar-refractivity contribution in [3.63, 3.8) is 0 Å². The molecule has 0 N–H and O–H groups in total. The molecule has 3 rings (SSSR count). The van der Waals surface area contributed by atoms with Gasteiger partial charge in [0.1, 0.15) is 0 Å². The van der Waals surface area contributed by atoms with Gasteiger partial charge in [0.2, 0.25) is 0 Å². The van der Waals surface area contributed by atoms with Crippen molar-refractivity contribution in [2.45, 2.75) is 64.5 Å². The van der Waals surface area contributed by atoms with Crippen LogP contribution in [0.5, 0.6) is 0 Å². The predicted molar refractivity (Wildman–Crippen MR) is 99.1 cm³/mol. The van der Waals surface area contributed by atoms with Crippen molar-refractivity contribution in [2.75, 3.05) is 13.1 Å². The van der Waals surface area contributed by atoms with Gasteiger partial charge in [-0.2, -0.15) is 0 Å². The van der Waals surface area contributed by atoms with E-state index in [1.165, 1.54) is 5.56 Å². The molecule has 1 aromatic rings. The molecule has 0 aliphatic carbocycles. The Bertz CT molecular complexity index is 583. The Labute approximate surface area is 151 Å². The Balaban J connectivity index is 1.53. The molecule has 0 spiro atoms. The van der Waals surface area contributed by atoms with Crippen molar-refractivity contribution >= 4 is 11.8 Å². The van der Waals surface area contributed by atoms with E-state index in [1.54, 1.807) is 4.90 Å². The van der Waals surface area contributed by atoms with Gasteiger partial charge >= 0.3 is 11.8 Å². The summed E-state index contributed by atoms with van der Waals surface area (Å²) in [4.78, 5) is 29.0. The number of piperidine rings is 2. The Hall–Kier alpha value is -1.84. The molecule has 2 aliphatic heterocycles. The Morgan fingerprint density at radius 2 is 1.52 bits per heavy atom. The zero-order chi connectivity index (χ0) is 17.8. The molecule has 2 heterocycles. The summed E-state index contributed by atoms with van der Waals surface area (Å²) in [5.74, 6) is 0.0226. The fraction of sp³-hybridized carbons (Fsp3) is 0.619. The van der Waals surface area contributed by atoms with Crippen molar-refractivity contribution in [1.29, 1.82) is 0 Å². The van der Waals surface area contributed by atoms with E-state index in [9.17, 15) is 9.59 Å². The molecule has 0 saturated carbocycles. The highest BCUT2D eigenvalue weighted by atomic mass is 16.2. The van der Waals surface area contributed by atoms with Gasteiger partial charge in [-0.05, 0) is 63.9 Å². The van der Waals surface area contributed by atoms with Crippen LogP contribution in [-0.4, -0.2) is 46.8 Å². The molecule has 0 aromatic heterocycles. The number of rotatable bonds is 2. The summed E-state index contributed by atoms with van der Waals surface area (Å²) in [5.41, 5.74) is 1.36. The van der Waals surface area contributed by atoms with E-state index in [2.05, 4.69) is 38.1 Å². The zero-order valence-electron chi connectivity index (χ0n) is 15.5. The second-order valence-electron chi connectivity index (χ2n) is 7.77. The van der Waals surface area contributed by atoms with Gasteiger partial charge in [0.05, 0.1) is 0 Å². The van der Waals surface area contributed by atoms with Crippen molar-refractivity contribution in [2.24, 2.45) is 5.92 Å². The number of hydrogen-bond acceptors (Lipinski definition) is 2. The minimum Gasteiger partial charge on any atom is -0.334 e. The van der Waals surface area contributed by atoms with Crippen LogP contribution in [0.2, 0.25) is 0 Å². The molecule has 1 aromatic carbocycles.